The lowest BCUT2D eigenvalue weighted by atomic mass is 10.1. The zero-order valence-electron chi connectivity index (χ0n) is 22.0. The lowest BCUT2D eigenvalue weighted by molar-refractivity contribution is -0.0672. The van der Waals surface area contributed by atoms with Gasteiger partial charge in [-0.2, -0.15) is 0 Å². The summed E-state index contributed by atoms with van der Waals surface area (Å²) in [5.41, 5.74) is 12.3. The Balaban J connectivity index is 1.20. The van der Waals surface area contributed by atoms with Crippen LogP contribution in [0.5, 0.6) is 0 Å². The first kappa shape index (κ1) is 29.5. The zero-order chi connectivity index (χ0) is 31.0. The molecule has 0 spiro atoms. The van der Waals surface area contributed by atoms with Crippen molar-refractivity contribution in [3.8, 4) is 0 Å². The highest BCUT2D eigenvalue weighted by Gasteiger charge is 2.54. The average molecular weight is 658 g/mol. The van der Waals surface area contributed by atoms with Gasteiger partial charge in [-0.05, 0) is 0 Å². The second-order valence-corrected chi connectivity index (χ2v) is 12.8. The van der Waals surface area contributed by atoms with Crippen molar-refractivity contribution in [2.45, 2.75) is 49.1 Å². The van der Waals surface area contributed by atoms with Crippen molar-refractivity contribution < 1.29 is 56.7 Å². The number of hydrogen-bond donors (Lipinski definition) is 6. The fourth-order valence-electron chi connectivity index (χ4n) is 5.22. The molecule has 3 aliphatic rings. The fraction of sp³-hybridized carbons (Fsp3) is 0.500. The Morgan fingerprint density at radius 2 is 1.20 bits per heavy atom. The Kier molecular flexibility index (Phi) is 7.16. The van der Waals surface area contributed by atoms with Gasteiger partial charge in [0.2, 0.25) is 0 Å². The maximum atomic E-state index is 13.2. The Hall–Kier alpha value is -3.24. The number of phosphoric acid groups is 2. The smallest absolute Gasteiger partial charge is 0.387 e. The average Bonchev–Trinajstić information content (AvgIpc) is 3.73. The van der Waals surface area contributed by atoms with Gasteiger partial charge in [0.25, 0.3) is 0 Å². The maximum absolute atomic E-state index is 13.2. The molecule has 22 nitrogen and oxygen atoms in total. The number of aliphatic hydroxyl groups excluding tert-OH is 2. The summed E-state index contributed by atoms with van der Waals surface area (Å²) in [7, 11) is -10.1. The Morgan fingerprint density at radius 3 is 1.80 bits per heavy atom. The number of phosphoric ester groups is 2. The van der Waals surface area contributed by atoms with Gasteiger partial charge >= 0.3 is 15.6 Å². The van der Waals surface area contributed by atoms with E-state index in [0.717, 1.165) is 12.7 Å². The number of nitrogens with zero attached hydrogens (tertiary/aromatic N) is 8. The molecule has 236 valence electrons. The molecule has 0 aliphatic carbocycles. The molecule has 2 bridgehead atoms. The van der Waals surface area contributed by atoms with E-state index in [4.69, 9.17) is 39.0 Å². The monoisotopic (exact) mass is 658 g/mol. The number of rotatable bonds is 2. The normalized spacial score (nSPS) is 38.3. The van der Waals surface area contributed by atoms with Crippen LogP contribution in [0.1, 0.15) is 12.5 Å². The molecule has 4 aromatic rings. The van der Waals surface area contributed by atoms with Crippen molar-refractivity contribution in [1.29, 1.82) is 0 Å². The van der Waals surface area contributed by atoms with Gasteiger partial charge in [0.05, 0.1) is 25.9 Å². The van der Waals surface area contributed by atoms with Crippen molar-refractivity contribution in [1.82, 2.24) is 39.0 Å². The van der Waals surface area contributed by atoms with Gasteiger partial charge in [-0.3, -0.25) is 27.2 Å². The van der Waals surface area contributed by atoms with Crippen molar-refractivity contribution in [2.24, 2.45) is 0 Å². The van der Waals surface area contributed by atoms with Crippen LogP contribution in [-0.2, 0) is 36.7 Å². The molecule has 4 aromatic heterocycles. The number of nitrogens with two attached hydrogens (primary N) is 2. The molecule has 3 saturated heterocycles. The molecule has 2 unspecified atom stereocenters. The minimum atomic E-state index is -5.05. The molecular formula is C20H24N10O12P2. The molecule has 7 heterocycles. The molecule has 0 aromatic carbocycles. The van der Waals surface area contributed by atoms with Crippen LogP contribution >= 0.6 is 15.6 Å². The predicted octanol–water partition coefficient (Wildman–Crippen LogP) is -1.63. The molecule has 8 N–H and O–H groups in total. The van der Waals surface area contributed by atoms with Crippen LogP contribution in [0, 0.1) is 0 Å². The third kappa shape index (κ3) is 5.04. The summed E-state index contributed by atoms with van der Waals surface area (Å²) in [5.74, 6) is 0.0829. The van der Waals surface area contributed by atoms with Gasteiger partial charge in [-0.15, -0.1) is 0 Å². The summed E-state index contributed by atoms with van der Waals surface area (Å²) in [6.07, 6.45) is -7.41. The first-order chi connectivity index (χ1) is 20.9. The molecule has 0 saturated carbocycles. The second-order valence-electron chi connectivity index (χ2n) is 9.95. The van der Waals surface area contributed by atoms with Gasteiger partial charge in [-0.25, -0.2) is 39.0 Å². The predicted molar refractivity (Wildman–Crippen MR) is 141 cm³/mol. The van der Waals surface area contributed by atoms with Crippen LogP contribution in [-0.4, -0.2) is 109 Å². The molecular weight excluding hydrogens is 634 g/mol. The quantitative estimate of drug-likeness (QED) is 0.132. The van der Waals surface area contributed by atoms with Crippen LogP contribution in [0.15, 0.2) is 25.3 Å². The number of aliphatic hydroxyl groups is 2. The standard InChI is InChI=1S/C20H24N10O12P2/c21-15-9-17(25-3-23-15)29(5-27-9)19-12(32)13-8(40-19)2-38-44(35,36)42-14-11(31)7(1-37-43(33,34)41-13)39-20(14)30-6-28-10-16(22)24-4-26-18(10)30/h3-8,11-14,19-20,31-32H,1-2H2,(H,33,34)(H,35,36)(H2,21,23,25)(H2,22,24,26)/t7-,8+,11-,12+,13+,14-,19+,20-/m0/s1. The van der Waals surface area contributed by atoms with E-state index < -0.39 is 77.9 Å². The SMILES string of the molecule is Nc1ncnc2c1ncn2[C@@H]1O[C@@H]2COP(=O)(O)O[C@H]3[C@@H](O)[C@H](COP(=O)(O)O[C@H]2[C@H]1O)O[C@@H]3n1cnc2c(N)ncnc21. The lowest BCUT2D eigenvalue weighted by Crippen LogP contribution is -2.36. The summed E-state index contributed by atoms with van der Waals surface area (Å²) in [6.45, 7) is -1.56. The van der Waals surface area contributed by atoms with E-state index in [9.17, 15) is 29.1 Å². The van der Waals surface area contributed by atoms with Gasteiger partial charge in [0.1, 0.15) is 60.3 Å². The summed E-state index contributed by atoms with van der Waals surface area (Å²) in [5, 5.41) is 22.1. The lowest BCUT2D eigenvalue weighted by Gasteiger charge is -2.25. The van der Waals surface area contributed by atoms with Crippen LogP contribution in [0.2, 0.25) is 0 Å². The van der Waals surface area contributed by atoms with E-state index in [1.165, 1.54) is 21.8 Å². The maximum Gasteiger partial charge on any atom is 0.472 e. The highest BCUT2D eigenvalue weighted by atomic mass is 31.2. The number of ether oxygens (including phenoxy) is 2. The zero-order valence-corrected chi connectivity index (χ0v) is 23.8. The van der Waals surface area contributed by atoms with Gasteiger partial charge in [-0.1, -0.05) is 0 Å². The van der Waals surface area contributed by atoms with Crippen LogP contribution in [0.3, 0.4) is 0 Å². The van der Waals surface area contributed by atoms with Crippen molar-refractivity contribution >= 4 is 49.6 Å². The summed E-state index contributed by atoms with van der Waals surface area (Å²) in [6, 6.07) is 0. The van der Waals surface area contributed by atoms with Crippen LogP contribution in [0.25, 0.3) is 22.3 Å². The highest BCUT2D eigenvalue weighted by Crippen LogP contribution is 2.53. The summed E-state index contributed by atoms with van der Waals surface area (Å²) >= 11 is 0. The third-order valence-corrected chi connectivity index (χ3v) is 9.23. The first-order valence-electron chi connectivity index (χ1n) is 12.8. The number of nitrogen functional groups attached to an aromatic ring is 2. The fourth-order valence-corrected chi connectivity index (χ4v) is 7.12. The Labute approximate surface area is 244 Å². The number of imidazole rings is 2. The molecule has 0 amide bonds. The van der Waals surface area contributed by atoms with Gasteiger partial charge in [0.15, 0.2) is 35.4 Å². The molecule has 7 rings (SSSR count). The van der Waals surface area contributed by atoms with Crippen molar-refractivity contribution in [3.05, 3.63) is 25.3 Å². The highest BCUT2D eigenvalue weighted by molar-refractivity contribution is 7.47. The van der Waals surface area contributed by atoms with E-state index in [0.29, 0.717) is 0 Å². The van der Waals surface area contributed by atoms with Crippen LogP contribution in [0.4, 0.5) is 11.6 Å². The molecule has 44 heavy (non-hydrogen) atoms. The van der Waals surface area contributed by atoms with E-state index in [2.05, 4.69) is 29.9 Å². The number of fused-ring (bicyclic) bond motifs is 5. The Morgan fingerprint density at radius 1 is 0.705 bits per heavy atom. The molecule has 3 fully saturated rings. The van der Waals surface area contributed by atoms with Gasteiger partial charge in [0, 0.05) is 0 Å². The topological polar surface area (TPSA) is 310 Å². The van der Waals surface area contributed by atoms with Gasteiger partial charge < -0.3 is 40.9 Å². The summed E-state index contributed by atoms with van der Waals surface area (Å²) in [4.78, 5) is 45.4. The van der Waals surface area contributed by atoms with E-state index in [-0.39, 0.29) is 34.0 Å². The van der Waals surface area contributed by atoms with E-state index >= 15 is 0 Å². The second kappa shape index (κ2) is 10.7. The molecule has 10 atom stereocenters. The number of hydrogen-bond acceptors (Lipinski definition) is 18. The first-order valence-corrected chi connectivity index (χ1v) is 15.8. The largest absolute Gasteiger partial charge is 0.472 e. The minimum absolute atomic E-state index is 0.0348. The molecule has 0 radical (unpaired) electrons. The Bertz CT molecular complexity index is 1820. The summed E-state index contributed by atoms with van der Waals surface area (Å²) < 4.78 is 61.4. The van der Waals surface area contributed by atoms with Crippen molar-refractivity contribution in [2.75, 3.05) is 24.7 Å². The van der Waals surface area contributed by atoms with Crippen molar-refractivity contribution in [3.63, 3.8) is 0 Å². The van der Waals surface area contributed by atoms with Crippen LogP contribution < -0.4 is 11.5 Å². The third-order valence-electron chi connectivity index (χ3n) is 7.26. The van der Waals surface area contributed by atoms with E-state index in [1.54, 1.807) is 0 Å². The number of aromatic nitrogens is 8. The molecule has 3 aliphatic heterocycles. The minimum Gasteiger partial charge on any atom is -0.387 e. The number of anilines is 2. The molecule has 24 heteroatoms. The van der Waals surface area contributed by atoms with E-state index in [1.807, 2.05) is 0 Å².